The van der Waals surface area contributed by atoms with Crippen LogP contribution in [0.5, 0.6) is 0 Å². The van der Waals surface area contributed by atoms with E-state index >= 15 is 0 Å². The maximum Gasteiger partial charge on any atom is 0.417 e. The number of amides is 1. The number of thioether (sulfide) groups is 1. The van der Waals surface area contributed by atoms with Gasteiger partial charge in [-0.2, -0.15) is 13.2 Å². The summed E-state index contributed by atoms with van der Waals surface area (Å²) in [5, 5.41) is 2.75. The standard InChI is InChI=1S/C12H10ClF3N2OS/c1-2-3-10(19)17-4-5-20-11-9(13)6-8(7-18-11)12(14,15)16/h6-7H,4-5H2,1H3,(H,17,19). The maximum atomic E-state index is 12.4. The number of nitrogens with zero attached hydrogens (tertiary/aromatic N) is 1. The van der Waals surface area contributed by atoms with Crippen molar-refractivity contribution in [3.63, 3.8) is 0 Å². The second kappa shape index (κ2) is 7.41. The van der Waals surface area contributed by atoms with E-state index in [-0.39, 0.29) is 10.0 Å². The first-order valence-electron chi connectivity index (χ1n) is 5.40. The van der Waals surface area contributed by atoms with E-state index in [1.165, 1.54) is 0 Å². The zero-order chi connectivity index (χ0) is 15.2. The molecule has 20 heavy (non-hydrogen) atoms. The number of halogens is 4. The van der Waals surface area contributed by atoms with Gasteiger partial charge in [0.2, 0.25) is 0 Å². The monoisotopic (exact) mass is 322 g/mol. The summed E-state index contributed by atoms with van der Waals surface area (Å²) in [6.07, 6.45) is -3.73. The molecule has 1 aromatic heterocycles. The van der Waals surface area contributed by atoms with Crippen LogP contribution in [0.25, 0.3) is 0 Å². The van der Waals surface area contributed by atoms with E-state index in [9.17, 15) is 18.0 Å². The molecule has 0 spiro atoms. The molecule has 1 heterocycles. The van der Waals surface area contributed by atoms with Crippen LogP contribution in [-0.2, 0) is 11.0 Å². The Morgan fingerprint density at radius 3 is 2.80 bits per heavy atom. The summed E-state index contributed by atoms with van der Waals surface area (Å²) in [6, 6.07) is 0.831. The van der Waals surface area contributed by atoms with Crippen LogP contribution in [0, 0.1) is 11.8 Å². The Balaban J connectivity index is 2.53. The van der Waals surface area contributed by atoms with Crippen LogP contribution in [-0.4, -0.2) is 23.2 Å². The van der Waals surface area contributed by atoms with Gasteiger partial charge < -0.3 is 5.32 Å². The number of alkyl halides is 3. The molecule has 0 fully saturated rings. The quantitative estimate of drug-likeness (QED) is 0.526. The number of pyridine rings is 1. The third kappa shape index (κ3) is 5.31. The van der Waals surface area contributed by atoms with Gasteiger partial charge in [0.05, 0.1) is 10.6 Å². The van der Waals surface area contributed by atoms with Gasteiger partial charge in [0.25, 0.3) is 5.91 Å². The lowest BCUT2D eigenvalue weighted by molar-refractivity contribution is -0.137. The summed E-state index contributed by atoms with van der Waals surface area (Å²) < 4.78 is 37.2. The zero-order valence-corrected chi connectivity index (χ0v) is 11.9. The SMILES string of the molecule is CC#CC(=O)NCCSc1ncc(C(F)(F)F)cc1Cl. The van der Waals surface area contributed by atoms with Gasteiger partial charge in [0.15, 0.2) is 0 Å². The van der Waals surface area contributed by atoms with E-state index in [1.54, 1.807) is 6.92 Å². The molecule has 0 saturated carbocycles. The van der Waals surface area contributed by atoms with Gasteiger partial charge in [0, 0.05) is 18.5 Å². The van der Waals surface area contributed by atoms with Crippen LogP contribution >= 0.6 is 23.4 Å². The summed E-state index contributed by atoms with van der Waals surface area (Å²) in [7, 11) is 0. The first-order chi connectivity index (χ1) is 9.34. The molecule has 1 amide bonds. The van der Waals surface area contributed by atoms with Crippen molar-refractivity contribution in [2.45, 2.75) is 18.1 Å². The molecule has 0 aromatic carbocycles. The Bertz CT molecular complexity index is 552. The highest BCUT2D eigenvalue weighted by Gasteiger charge is 2.31. The van der Waals surface area contributed by atoms with Gasteiger partial charge >= 0.3 is 6.18 Å². The second-order valence-corrected chi connectivity index (χ2v) is 4.98. The van der Waals surface area contributed by atoms with Crippen molar-refractivity contribution in [2.75, 3.05) is 12.3 Å². The Morgan fingerprint density at radius 2 is 2.25 bits per heavy atom. The normalized spacial score (nSPS) is 10.7. The van der Waals surface area contributed by atoms with E-state index in [2.05, 4.69) is 22.1 Å². The predicted octanol–water partition coefficient (Wildman–Crippen LogP) is 2.99. The van der Waals surface area contributed by atoms with E-state index < -0.39 is 17.6 Å². The molecule has 0 radical (unpaired) electrons. The van der Waals surface area contributed by atoms with Crippen molar-refractivity contribution in [1.82, 2.24) is 10.3 Å². The lowest BCUT2D eigenvalue weighted by Crippen LogP contribution is -2.23. The highest BCUT2D eigenvalue weighted by Crippen LogP contribution is 2.33. The van der Waals surface area contributed by atoms with Crippen LogP contribution < -0.4 is 5.32 Å². The third-order valence-electron chi connectivity index (χ3n) is 2.00. The van der Waals surface area contributed by atoms with Crippen molar-refractivity contribution in [2.24, 2.45) is 0 Å². The van der Waals surface area contributed by atoms with Crippen molar-refractivity contribution in [3.05, 3.63) is 22.8 Å². The van der Waals surface area contributed by atoms with Gasteiger partial charge in [-0.05, 0) is 18.9 Å². The molecule has 0 saturated heterocycles. The number of hydrogen-bond acceptors (Lipinski definition) is 3. The minimum Gasteiger partial charge on any atom is -0.344 e. The molecule has 0 bridgehead atoms. The molecule has 3 nitrogen and oxygen atoms in total. The fourth-order valence-electron chi connectivity index (χ4n) is 1.16. The van der Waals surface area contributed by atoms with Gasteiger partial charge in [-0.3, -0.25) is 4.79 Å². The van der Waals surface area contributed by atoms with Crippen LogP contribution in [0.2, 0.25) is 5.02 Å². The van der Waals surface area contributed by atoms with E-state index in [0.717, 1.165) is 24.0 Å². The Hall–Kier alpha value is -1.39. The largest absolute Gasteiger partial charge is 0.417 e. The molecule has 8 heteroatoms. The van der Waals surface area contributed by atoms with Crippen molar-refractivity contribution in [3.8, 4) is 11.8 Å². The number of carbonyl (C=O) groups excluding carboxylic acids is 1. The Labute approximate surface area is 123 Å². The summed E-state index contributed by atoms with van der Waals surface area (Å²) in [5.41, 5.74) is -0.890. The molecule has 108 valence electrons. The second-order valence-electron chi connectivity index (χ2n) is 3.49. The first-order valence-corrected chi connectivity index (χ1v) is 6.77. The summed E-state index contributed by atoms with van der Waals surface area (Å²) in [5.74, 6) is 4.77. The van der Waals surface area contributed by atoms with Crippen LogP contribution in [0.4, 0.5) is 13.2 Å². The number of carbonyl (C=O) groups is 1. The predicted molar refractivity (Wildman–Crippen MR) is 71.4 cm³/mol. The van der Waals surface area contributed by atoms with Gasteiger partial charge in [-0.1, -0.05) is 17.5 Å². The summed E-state index contributed by atoms with van der Waals surface area (Å²) in [6.45, 7) is 1.86. The van der Waals surface area contributed by atoms with E-state index in [1.807, 2.05) is 0 Å². The number of rotatable bonds is 4. The highest BCUT2D eigenvalue weighted by atomic mass is 35.5. The number of aromatic nitrogens is 1. The van der Waals surface area contributed by atoms with Crippen LogP contribution in [0.1, 0.15) is 12.5 Å². The van der Waals surface area contributed by atoms with E-state index in [0.29, 0.717) is 12.3 Å². The van der Waals surface area contributed by atoms with Gasteiger partial charge in [-0.15, -0.1) is 11.8 Å². The molecule has 1 aromatic rings. The minimum absolute atomic E-state index is 0.0653. The Morgan fingerprint density at radius 1 is 1.55 bits per heavy atom. The smallest absolute Gasteiger partial charge is 0.344 e. The van der Waals surface area contributed by atoms with Crippen molar-refractivity contribution >= 4 is 29.3 Å². The Kier molecular flexibility index (Phi) is 6.17. The molecule has 0 aliphatic rings. The van der Waals surface area contributed by atoms with Gasteiger partial charge in [-0.25, -0.2) is 4.98 Å². The van der Waals surface area contributed by atoms with Crippen LogP contribution in [0.3, 0.4) is 0 Å². The first kappa shape index (κ1) is 16.7. The average molecular weight is 323 g/mol. The molecule has 0 aliphatic heterocycles. The molecular formula is C12H10ClF3N2OS. The number of hydrogen-bond donors (Lipinski definition) is 1. The number of nitrogens with one attached hydrogen (secondary N) is 1. The summed E-state index contributed by atoms with van der Waals surface area (Å²) in [4.78, 5) is 14.7. The van der Waals surface area contributed by atoms with Crippen LogP contribution in [0.15, 0.2) is 17.3 Å². The van der Waals surface area contributed by atoms with Crippen molar-refractivity contribution < 1.29 is 18.0 Å². The lowest BCUT2D eigenvalue weighted by Gasteiger charge is -2.08. The molecule has 0 atom stereocenters. The summed E-state index contributed by atoms with van der Waals surface area (Å²) >= 11 is 6.89. The van der Waals surface area contributed by atoms with E-state index in [4.69, 9.17) is 11.6 Å². The molecule has 0 aliphatic carbocycles. The molecule has 1 N–H and O–H groups in total. The molecule has 1 rings (SSSR count). The highest BCUT2D eigenvalue weighted by molar-refractivity contribution is 7.99. The zero-order valence-electron chi connectivity index (χ0n) is 10.3. The molecular weight excluding hydrogens is 313 g/mol. The third-order valence-corrected chi connectivity index (χ3v) is 3.41. The maximum absolute atomic E-state index is 12.4. The minimum atomic E-state index is -4.47. The van der Waals surface area contributed by atoms with Gasteiger partial charge in [0.1, 0.15) is 5.03 Å². The fraction of sp³-hybridized carbons (Fsp3) is 0.333. The topological polar surface area (TPSA) is 42.0 Å². The average Bonchev–Trinajstić information content (AvgIpc) is 2.35. The lowest BCUT2D eigenvalue weighted by atomic mass is 10.3. The fourth-order valence-corrected chi connectivity index (χ4v) is 2.21. The van der Waals surface area contributed by atoms with Crippen molar-refractivity contribution in [1.29, 1.82) is 0 Å². The molecule has 0 unspecified atom stereocenters.